The van der Waals surface area contributed by atoms with Gasteiger partial charge in [0.05, 0.1) is 11.0 Å². The lowest BCUT2D eigenvalue weighted by atomic mass is 10.2. The van der Waals surface area contributed by atoms with Gasteiger partial charge in [0.15, 0.2) is 0 Å². The van der Waals surface area contributed by atoms with Crippen LogP contribution in [0.4, 0.5) is 20.6 Å². The van der Waals surface area contributed by atoms with Crippen molar-refractivity contribution in [1.82, 2.24) is 4.90 Å². The fourth-order valence-corrected chi connectivity index (χ4v) is 2.29. The molecule has 0 bridgehead atoms. The molecular formula is C12H15FN4O3. The fraction of sp³-hybridized carbons (Fsp3) is 0.417. The Morgan fingerprint density at radius 1 is 1.30 bits per heavy atom. The van der Waals surface area contributed by atoms with Gasteiger partial charge in [-0.2, -0.15) is 0 Å². The number of anilines is 1. The van der Waals surface area contributed by atoms with Gasteiger partial charge in [0.2, 0.25) is 0 Å². The lowest BCUT2D eigenvalue weighted by molar-refractivity contribution is -0.384. The SMILES string of the molecule is NC(=O)N1CCCN(c2ccc(F)cc2[N+](=O)[O-])CC1. The summed E-state index contributed by atoms with van der Waals surface area (Å²) < 4.78 is 13.1. The average molecular weight is 282 g/mol. The van der Waals surface area contributed by atoms with E-state index in [0.717, 1.165) is 6.07 Å². The summed E-state index contributed by atoms with van der Waals surface area (Å²) in [5, 5.41) is 11.0. The maximum Gasteiger partial charge on any atom is 0.314 e. The van der Waals surface area contributed by atoms with Crippen LogP contribution in [0.5, 0.6) is 0 Å². The maximum absolute atomic E-state index is 13.1. The quantitative estimate of drug-likeness (QED) is 0.654. The summed E-state index contributed by atoms with van der Waals surface area (Å²) in [7, 11) is 0. The number of carbonyl (C=O) groups is 1. The van der Waals surface area contributed by atoms with E-state index in [1.807, 2.05) is 0 Å². The van der Waals surface area contributed by atoms with Gasteiger partial charge in [-0.15, -0.1) is 0 Å². The molecule has 2 N–H and O–H groups in total. The first kappa shape index (κ1) is 14.0. The van der Waals surface area contributed by atoms with Crippen LogP contribution >= 0.6 is 0 Å². The molecule has 1 aliphatic heterocycles. The van der Waals surface area contributed by atoms with Crippen molar-refractivity contribution in [2.24, 2.45) is 5.73 Å². The summed E-state index contributed by atoms with van der Waals surface area (Å²) in [5.74, 6) is -0.644. The average Bonchev–Trinajstić information content (AvgIpc) is 2.64. The number of nitrogens with two attached hydrogens (primary N) is 1. The van der Waals surface area contributed by atoms with Crippen LogP contribution in [0.2, 0.25) is 0 Å². The number of hydrogen-bond acceptors (Lipinski definition) is 4. The van der Waals surface area contributed by atoms with Crippen molar-refractivity contribution < 1.29 is 14.1 Å². The van der Waals surface area contributed by atoms with E-state index in [2.05, 4.69) is 0 Å². The Morgan fingerprint density at radius 3 is 2.70 bits per heavy atom. The number of benzene rings is 1. The van der Waals surface area contributed by atoms with Gasteiger partial charge in [-0.1, -0.05) is 0 Å². The van der Waals surface area contributed by atoms with Crippen LogP contribution in [0, 0.1) is 15.9 Å². The Kier molecular flexibility index (Phi) is 4.02. The Balaban J connectivity index is 2.23. The number of primary amides is 1. The Hall–Kier alpha value is -2.38. The molecule has 0 spiro atoms. The van der Waals surface area contributed by atoms with Crippen molar-refractivity contribution in [2.75, 3.05) is 31.1 Å². The highest BCUT2D eigenvalue weighted by atomic mass is 19.1. The number of halogens is 1. The molecule has 0 saturated carbocycles. The summed E-state index contributed by atoms with van der Waals surface area (Å²) in [4.78, 5) is 24.8. The highest BCUT2D eigenvalue weighted by molar-refractivity contribution is 5.72. The highest BCUT2D eigenvalue weighted by Crippen LogP contribution is 2.29. The molecule has 1 heterocycles. The molecule has 1 fully saturated rings. The molecular weight excluding hydrogens is 267 g/mol. The molecule has 0 radical (unpaired) electrons. The van der Waals surface area contributed by atoms with E-state index in [0.29, 0.717) is 38.3 Å². The molecule has 2 amide bonds. The van der Waals surface area contributed by atoms with Gasteiger partial charge in [-0.05, 0) is 18.6 Å². The summed E-state index contributed by atoms with van der Waals surface area (Å²) in [6.45, 7) is 1.89. The normalized spacial score (nSPS) is 15.8. The number of rotatable bonds is 2. The smallest absolute Gasteiger partial charge is 0.314 e. The third-order valence-electron chi connectivity index (χ3n) is 3.28. The van der Waals surface area contributed by atoms with E-state index in [1.165, 1.54) is 17.0 Å². The van der Waals surface area contributed by atoms with E-state index in [1.54, 1.807) is 4.90 Å². The molecule has 0 aromatic heterocycles. The third kappa shape index (κ3) is 2.95. The van der Waals surface area contributed by atoms with Gasteiger partial charge >= 0.3 is 6.03 Å². The van der Waals surface area contributed by atoms with Gasteiger partial charge < -0.3 is 15.5 Å². The second-order valence-electron chi connectivity index (χ2n) is 4.56. The van der Waals surface area contributed by atoms with Crippen molar-refractivity contribution in [3.8, 4) is 0 Å². The minimum Gasteiger partial charge on any atom is -0.364 e. The first-order valence-electron chi connectivity index (χ1n) is 6.22. The van der Waals surface area contributed by atoms with Crippen LogP contribution in [0.15, 0.2) is 18.2 Å². The number of carbonyl (C=O) groups excluding carboxylic acids is 1. The first-order chi connectivity index (χ1) is 9.49. The maximum atomic E-state index is 13.1. The predicted octanol–water partition coefficient (Wildman–Crippen LogP) is 1.32. The Morgan fingerprint density at radius 2 is 2.05 bits per heavy atom. The van der Waals surface area contributed by atoms with Crippen LogP contribution < -0.4 is 10.6 Å². The van der Waals surface area contributed by atoms with Gasteiger partial charge in [0.1, 0.15) is 11.5 Å². The van der Waals surface area contributed by atoms with Gasteiger partial charge in [0, 0.05) is 26.2 Å². The molecule has 2 rings (SSSR count). The number of amides is 2. The monoisotopic (exact) mass is 282 g/mol. The molecule has 1 aromatic carbocycles. The zero-order chi connectivity index (χ0) is 14.7. The van der Waals surface area contributed by atoms with Crippen LogP contribution in [0.1, 0.15) is 6.42 Å². The number of nitrogens with zero attached hydrogens (tertiary/aromatic N) is 3. The second kappa shape index (κ2) is 5.72. The van der Waals surface area contributed by atoms with Crippen molar-refractivity contribution in [2.45, 2.75) is 6.42 Å². The fourth-order valence-electron chi connectivity index (χ4n) is 2.29. The second-order valence-corrected chi connectivity index (χ2v) is 4.56. The topological polar surface area (TPSA) is 92.7 Å². The zero-order valence-corrected chi connectivity index (χ0v) is 10.8. The summed E-state index contributed by atoms with van der Waals surface area (Å²) >= 11 is 0. The lowest BCUT2D eigenvalue weighted by Crippen LogP contribution is -2.38. The van der Waals surface area contributed by atoms with Crippen molar-refractivity contribution in [1.29, 1.82) is 0 Å². The molecule has 108 valence electrons. The lowest BCUT2D eigenvalue weighted by Gasteiger charge is -2.22. The number of urea groups is 1. The van der Waals surface area contributed by atoms with Crippen molar-refractivity contribution >= 4 is 17.4 Å². The number of nitro benzene ring substituents is 1. The minimum absolute atomic E-state index is 0.266. The first-order valence-corrected chi connectivity index (χ1v) is 6.22. The third-order valence-corrected chi connectivity index (χ3v) is 3.28. The van der Waals surface area contributed by atoms with Crippen molar-refractivity contribution in [3.05, 3.63) is 34.1 Å². The number of hydrogen-bond donors (Lipinski definition) is 1. The summed E-state index contributed by atoms with van der Waals surface area (Å²) in [6.07, 6.45) is 0.650. The Bertz CT molecular complexity index is 537. The predicted molar refractivity (Wildman–Crippen MR) is 71.0 cm³/mol. The van der Waals surface area contributed by atoms with Crippen molar-refractivity contribution in [3.63, 3.8) is 0 Å². The van der Waals surface area contributed by atoms with Crippen LogP contribution in [-0.4, -0.2) is 42.0 Å². The van der Waals surface area contributed by atoms with E-state index < -0.39 is 16.8 Å². The molecule has 1 saturated heterocycles. The van der Waals surface area contributed by atoms with Crippen LogP contribution in [0.3, 0.4) is 0 Å². The molecule has 1 aliphatic rings. The van der Waals surface area contributed by atoms with E-state index in [4.69, 9.17) is 5.73 Å². The zero-order valence-electron chi connectivity index (χ0n) is 10.8. The molecule has 0 unspecified atom stereocenters. The molecule has 7 nitrogen and oxygen atoms in total. The van der Waals surface area contributed by atoms with Gasteiger partial charge in [0.25, 0.3) is 5.69 Å². The molecule has 0 atom stereocenters. The largest absolute Gasteiger partial charge is 0.364 e. The highest BCUT2D eigenvalue weighted by Gasteiger charge is 2.23. The Labute approximate surface area is 114 Å². The van der Waals surface area contributed by atoms with E-state index >= 15 is 0 Å². The standard InChI is InChI=1S/C12H15FN4O3/c13-9-2-3-10(11(8-9)17(19)20)15-4-1-5-16(7-6-15)12(14)18/h2-3,8H,1,4-7H2,(H2,14,18). The van der Waals surface area contributed by atoms with E-state index in [9.17, 15) is 19.3 Å². The number of nitro groups is 1. The molecule has 1 aromatic rings. The van der Waals surface area contributed by atoms with Crippen LogP contribution in [-0.2, 0) is 0 Å². The van der Waals surface area contributed by atoms with Crippen LogP contribution in [0.25, 0.3) is 0 Å². The van der Waals surface area contributed by atoms with Gasteiger partial charge in [-0.3, -0.25) is 10.1 Å². The molecule has 8 heteroatoms. The summed E-state index contributed by atoms with van der Waals surface area (Å²) in [6, 6.07) is 3.00. The van der Waals surface area contributed by atoms with Gasteiger partial charge in [-0.25, -0.2) is 9.18 Å². The van der Waals surface area contributed by atoms with E-state index in [-0.39, 0.29) is 5.69 Å². The molecule has 20 heavy (non-hydrogen) atoms. The summed E-state index contributed by atoms with van der Waals surface area (Å²) in [5.41, 5.74) is 5.33. The molecule has 0 aliphatic carbocycles. The minimum atomic E-state index is -0.644.